The van der Waals surface area contributed by atoms with Gasteiger partial charge in [0.05, 0.1) is 38.5 Å². The minimum absolute atomic E-state index is 0.824. The summed E-state index contributed by atoms with van der Waals surface area (Å²) in [5.74, 6) is 0.947. The summed E-state index contributed by atoms with van der Waals surface area (Å²) < 4.78 is 5.35. The summed E-state index contributed by atoms with van der Waals surface area (Å²) in [6, 6.07) is 0. The second-order valence-corrected chi connectivity index (χ2v) is 5.07. The van der Waals surface area contributed by atoms with E-state index in [0.717, 1.165) is 58.2 Å². The second-order valence-electron chi connectivity index (χ2n) is 5.07. The number of hydrogen-bond donors (Lipinski definition) is 1. The number of morpholine rings is 1. The van der Waals surface area contributed by atoms with E-state index in [1.165, 1.54) is 16.2 Å². The maximum Gasteiger partial charge on any atom is 0.142 e. The molecule has 0 bridgehead atoms. The summed E-state index contributed by atoms with van der Waals surface area (Å²) >= 11 is 0. The van der Waals surface area contributed by atoms with E-state index < -0.39 is 0 Å². The van der Waals surface area contributed by atoms with Gasteiger partial charge in [-0.05, 0) is 0 Å². The van der Waals surface area contributed by atoms with Crippen LogP contribution in [0.3, 0.4) is 0 Å². The standard InChI is InChI=1S/C13H20N4O/c1-16-3-2-12-11(9-16)8-14-13(15-12)10-17-4-6-18-7-5-17/h8,16H,1-7,9-10H2. The van der Waals surface area contributed by atoms with Crippen molar-refractivity contribution in [2.24, 2.45) is 0 Å². The van der Waals surface area contributed by atoms with Gasteiger partial charge in [-0.3, -0.25) is 4.90 Å². The van der Waals surface area contributed by atoms with Gasteiger partial charge in [0, 0.05) is 31.3 Å². The van der Waals surface area contributed by atoms with Crippen molar-refractivity contribution in [3.8, 4) is 0 Å². The summed E-state index contributed by atoms with van der Waals surface area (Å²) in [4.78, 5) is 12.8. The number of quaternary nitrogens is 1. The molecule has 1 aromatic heterocycles. The Kier molecular flexibility index (Phi) is 3.54. The van der Waals surface area contributed by atoms with Crippen LogP contribution in [0.15, 0.2) is 6.20 Å². The van der Waals surface area contributed by atoms with E-state index in [0.29, 0.717) is 0 Å². The molecule has 2 aliphatic heterocycles. The Labute approximate surface area is 108 Å². The van der Waals surface area contributed by atoms with E-state index in [2.05, 4.69) is 16.9 Å². The molecule has 1 unspecified atom stereocenters. The van der Waals surface area contributed by atoms with Gasteiger partial charge < -0.3 is 9.64 Å². The molecule has 98 valence electrons. The van der Waals surface area contributed by atoms with Crippen molar-refractivity contribution in [1.82, 2.24) is 14.9 Å². The highest BCUT2D eigenvalue weighted by molar-refractivity contribution is 5.18. The lowest BCUT2D eigenvalue weighted by Crippen LogP contribution is -3.06. The molecule has 0 aliphatic carbocycles. The van der Waals surface area contributed by atoms with Crippen molar-refractivity contribution in [2.75, 3.05) is 32.8 Å². The normalized spacial score (nSPS) is 24.8. The third-order valence-corrected chi connectivity index (χ3v) is 3.63. The molecule has 1 N–H and O–H groups in total. The lowest BCUT2D eigenvalue weighted by Gasteiger charge is -2.28. The molecule has 1 aromatic rings. The molecule has 5 heteroatoms. The minimum Gasteiger partial charge on any atom is -0.464 e. The van der Waals surface area contributed by atoms with Crippen LogP contribution < -0.4 is 4.90 Å². The van der Waals surface area contributed by atoms with E-state index >= 15 is 0 Å². The van der Waals surface area contributed by atoms with Crippen LogP contribution in [-0.4, -0.2) is 47.7 Å². The van der Waals surface area contributed by atoms with Gasteiger partial charge >= 0.3 is 0 Å². The largest absolute Gasteiger partial charge is 0.464 e. The van der Waals surface area contributed by atoms with Crippen molar-refractivity contribution in [2.45, 2.75) is 19.5 Å². The number of ether oxygens (including phenoxy) is 1. The summed E-state index contributed by atoms with van der Waals surface area (Å²) in [6.07, 6.45) is 3.01. The average molecular weight is 248 g/mol. The van der Waals surface area contributed by atoms with E-state index in [9.17, 15) is 0 Å². The maximum absolute atomic E-state index is 5.35. The molecule has 0 aromatic carbocycles. The van der Waals surface area contributed by atoms with Crippen LogP contribution in [0, 0.1) is 7.05 Å². The molecule has 18 heavy (non-hydrogen) atoms. The monoisotopic (exact) mass is 248 g/mol. The van der Waals surface area contributed by atoms with Crippen molar-refractivity contribution in [3.63, 3.8) is 0 Å². The van der Waals surface area contributed by atoms with Crippen molar-refractivity contribution in [3.05, 3.63) is 30.3 Å². The zero-order chi connectivity index (χ0) is 12.4. The molecule has 0 amide bonds. The average Bonchev–Trinajstić information content (AvgIpc) is 2.40. The molecular weight excluding hydrogens is 228 g/mol. The fourth-order valence-corrected chi connectivity index (χ4v) is 2.54. The molecule has 1 atom stereocenters. The Hall–Kier alpha value is -1.04. The lowest BCUT2D eigenvalue weighted by atomic mass is 10.1. The first-order valence-corrected chi connectivity index (χ1v) is 6.62. The first-order chi connectivity index (χ1) is 8.81. The van der Waals surface area contributed by atoms with Crippen LogP contribution >= 0.6 is 0 Å². The molecule has 2 aliphatic rings. The topological polar surface area (TPSA) is 42.7 Å². The van der Waals surface area contributed by atoms with Gasteiger partial charge in [-0.1, -0.05) is 0 Å². The van der Waals surface area contributed by atoms with Gasteiger partial charge in [0.1, 0.15) is 5.82 Å². The highest BCUT2D eigenvalue weighted by atomic mass is 16.5. The van der Waals surface area contributed by atoms with Crippen molar-refractivity contribution < 1.29 is 9.64 Å². The molecule has 0 saturated carbocycles. The fraction of sp³-hybridized carbons (Fsp3) is 0.615. The Morgan fingerprint density at radius 2 is 2.22 bits per heavy atom. The summed E-state index contributed by atoms with van der Waals surface area (Å²) in [5.41, 5.74) is 2.48. The Balaban J connectivity index is 1.69. The molecule has 3 heterocycles. The van der Waals surface area contributed by atoms with E-state index in [-0.39, 0.29) is 0 Å². The zero-order valence-corrected chi connectivity index (χ0v) is 10.7. The molecule has 5 nitrogen and oxygen atoms in total. The van der Waals surface area contributed by atoms with Gasteiger partial charge in [-0.15, -0.1) is 0 Å². The number of fused-ring (bicyclic) bond motifs is 1. The van der Waals surface area contributed by atoms with Crippen molar-refractivity contribution >= 4 is 0 Å². The molecule has 1 saturated heterocycles. The Morgan fingerprint density at radius 1 is 1.39 bits per heavy atom. The molecule has 3 rings (SSSR count). The van der Waals surface area contributed by atoms with Gasteiger partial charge in [-0.25, -0.2) is 9.97 Å². The molecule has 0 spiro atoms. The number of hydrogen-bond acceptors (Lipinski definition) is 4. The maximum atomic E-state index is 5.35. The summed E-state index contributed by atoms with van der Waals surface area (Å²) in [6.45, 7) is 6.48. The number of rotatable bonds is 2. The van der Waals surface area contributed by atoms with Crippen LogP contribution in [-0.2, 0) is 24.2 Å². The van der Waals surface area contributed by atoms with Gasteiger partial charge in [0.15, 0.2) is 0 Å². The van der Waals surface area contributed by atoms with Gasteiger partial charge in [0.25, 0.3) is 0 Å². The Bertz CT molecular complexity index is 417. The number of aromatic nitrogens is 2. The number of nitrogens with one attached hydrogen (secondary N) is 1. The highest BCUT2D eigenvalue weighted by Gasteiger charge is 2.17. The van der Waals surface area contributed by atoms with Gasteiger partial charge in [0.2, 0.25) is 0 Å². The van der Waals surface area contributed by atoms with E-state index in [1.807, 2.05) is 6.20 Å². The van der Waals surface area contributed by atoms with Gasteiger partial charge in [-0.2, -0.15) is 7.05 Å². The lowest BCUT2D eigenvalue weighted by molar-refractivity contribution is -0.870. The highest BCUT2D eigenvalue weighted by Crippen LogP contribution is 2.10. The fourth-order valence-electron chi connectivity index (χ4n) is 2.54. The Morgan fingerprint density at radius 3 is 3.06 bits per heavy atom. The summed E-state index contributed by atoms with van der Waals surface area (Å²) in [5, 5.41) is 0. The molecular formula is C13H20N4O. The SMILES string of the molecule is [CH2-][NH+]1CCc2nc(CN3CCOCC3)ncc2C1. The van der Waals surface area contributed by atoms with Crippen LogP contribution in [0.5, 0.6) is 0 Å². The van der Waals surface area contributed by atoms with Crippen LogP contribution in [0.4, 0.5) is 0 Å². The molecule has 1 fully saturated rings. The quantitative estimate of drug-likeness (QED) is 0.685. The van der Waals surface area contributed by atoms with Crippen LogP contribution in [0.25, 0.3) is 0 Å². The zero-order valence-electron chi connectivity index (χ0n) is 10.7. The predicted octanol–water partition coefficient (Wildman–Crippen LogP) is -0.959. The predicted molar refractivity (Wildman–Crippen MR) is 66.7 cm³/mol. The smallest absolute Gasteiger partial charge is 0.142 e. The number of nitrogens with zero attached hydrogens (tertiary/aromatic N) is 3. The van der Waals surface area contributed by atoms with E-state index in [4.69, 9.17) is 9.72 Å². The van der Waals surface area contributed by atoms with Crippen LogP contribution in [0.1, 0.15) is 17.1 Å². The first kappa shape index (κ1) is 12.0. The van der Waals surface area contributed by atoms with Crippen molar-refractivity contribution in [1.29, 1.82) is 0 Å². The summed E-state index contributed by atoms with van der Waals surface area (Å²) in [7, 11) is 4.05. The third-order valence-electron chi connectivity index (χ3n) is 3.63. The van der Waals surface area contributed by atoms with Crippen LogP contribution in [0.2, 0.25) is 0 Å². The first-order valence-electron chi connectivity index (χ1n) is 6.62. The third kappa shape index (κ3) is 2.68. The minimum atomic E-state index is 0.824. The second kappa shape index (κ2) is 5.30. The molecule has 0 radical (unpaired) electrons. The van der Waals surface area contributed by atoms with E-state index in [1.54, 1.807) is 0 Å².